The molecule has 32 heavy (non-hydrogen) atoms. The van der Waals surface area contributed by atoms with Crippen LogP contribution in [0, 0.1) is 52.3 Å². The van der Waals surface area contributed by atoms with Crippen LogP contribution in [0.1, 0.15) is 112 Å². The summed E-state index contributed by atoms with van der Waals surface area (Å²) in [7, 11) is 0. The van der Waals surface area contributed by atoms with Crippen LogP contribution in [0.15, 0.2) is 0 Å². The van der Waals surface area contributed by atoms with Crippen molar-refractivity contribution in [1.29, 1.82) is 0 Å². The van der Waals surface area contributed by atoms with Crippen LogP contribution in [0.3, 0.4) is 0 Å². The number of fused-ring (bicyclic) bond motifs is 5. The van der Waals surface area contributed by atoms with Crippen LogP contribution in [0.2, 0.25) is 0 Å². The second-order valence-electron chi connectivity index (χ2n) is 13.1. The van der Waals surface area contributed by atoms with Crippen molar-refractivity contribution in [2.24, 2.45) is 58.0 Å². The summed E-state index contributed by atoms with van der Waals surface area (Å²) in [6.07, 6.45) is 16.3. The van der Waals surface area contributed by atoms with Crippen molar-refractivity contribution in [1.82, 2.24) is 0 Å². The fourth-order valence-electron chi connectivity index (χ4n) is 9.64. The molecule has 0 spiro atoms. The molecule has 3 heteroatoms. The molecule has 4 aliphatic rings. The summed E-state index contributed by atoms with van der Waals surface area (Å²) in [5.41, 5.74) is 6.89. The topological polar surface area (TPSA) is 52.3 Å². The Hall–Kier alpha value is -0.570. The van der Waals surface area contributed by atoms with E-state index in [-0.39, 0.29) is 12.1 Å². The Labute approximate surface area is 198 Å². The lowest BCUT2D eigenvalue weighted by Gasteiger charge is -2.61. The first-order chi connectivity index (χ1) is 15.2. The summed E-state index contributed by atoms with van der Waals surface area (Å²) < 4.78 is 5.66. The largest absolute Gasteiger partial charge is 0.463 e. The molecule has 0 aromatic heterocycles. The normalized spacial score (nSPS) is 45.3. The SMILES string of the molecule is CC(=O)O[C@H]1CC[C@@]2(C)[C@@H](CC[C@@H]3[C@@H]2CC[C@]2(C)[C@@H]([C@H](C)CCCC(C)CN)CC[C@@H]32)C1. The average molecular weight is 446 g/mol. The van der Waals surface area contributed by atoms with Gasteiger partial charge in [-0.3, -0.25) is 4.79 Å². The molecule has 0 aromatic rings. The molecular weight excluding hydrogens is 394 g/mol. The highest BCUT2D eigenvalue weighted by atomic mass is 16.5. The zero-order valence-electron chi connectivity index (χ0n) is 21.7. The van der Waals surface area contributed by atoms with Gasteiger partial charge in [-0.15, -0.1) is 0 Å². The van der Waals surface area contributed by atoms with Crippen LogP contribution < -0.4 is 5.73 Å². The van der Waals surface area contributed by atoms with Gasteiger partial charge in [0, 0.05) is 6.92 Å². The predicted molar refractivity (Wildman–Crippen MR) is 132 cm³/mol. The van der Waals surface area contributed by atoms with E-state index in [1.165, 1.54) is 64.2 Å². The monoisotopic (exact) mass is 445 g/mol. The van der Waals surface area contributed by atoms with E-state index in [1.54, 1.807) is 6.92 Å². The molecule has 4 fully saturated rings. The Morgan fingerprint density at radius 3 is 2.41 bits per heavy atom. The van der Waals surface area contributed by atoms with Crippen molar-refractivity contribution < 1.29 is 9.53 Å². The molecule has 0 heterocycles. The summed E-state index contributed by atoms with van der Waals surface area (Å²) in [6.45, 7) is 12.6. The highest BCUT2D eigenvalue weighted by molar-refractivity contribution is 5.66. The number of rotatable bonds is 7. The molecule has 0 bridgehead atoms. The van der Waals surface area contributed by atoms with Gasteiger partial charge in [0.2, 0.25) is 0 Å². The van der Waals surface area contributed by atoms with Gasteiger partial charge in [0.15, 0.2) is 0 Å². The lowest BCUT2D eigenvalue weighted by atomic mass is 9.44. The third kappa shape index (κ3) is 4.41. The minimum atomic E-state index is -0.0932. The van der Waals surface area contributed by atoms with Crippen molar-refractivity contribution >= 4 is 5.97 Å². The molecule has 4 rings (SSSR count). The van der Waals surface area contributed by atoms with E-state index in [2.05, 4.69) is 27.7 Å². The molecule has 0 aromatic carbocycles. The van der Waals surface area contributed by atoms with Gasteiger partial charge < -0.3 is 10.5 Å². The molecule has 2 N–H and O–H groups in total. The molecular formula is C29H51NO2. The van der Waals surface area contributed by atoms with Crippen LogP contribution in [0.4, 0.5) is 0 Å². The van der Waals surface area contributed by atoms with E-state index in [0.29, 0.717) is 16.7 Å². The molecule has 4 aliphatic carbocycles. The van der Waals surface area contributed by atoms with Crippen LogP contribution in [-0.2, 0) is 9.53 Å². The Kier molecular flexibility index (Phi) is 7.36. The van der Waals surface area contributed by atoms with E-state index in [0.717, 1.165) is 54.9 Å². The van der Waals surface area contributed by atoms with Gasteiger partial charge in [0.25, 0.3) is 0 Å². The second-order valence-corrected chi connectivity index (χ2v) is 13.1. The van der Waals surface area contributed by atoms with Crippen LogP contribution in [0.5, 0.6) is 0 Å². The first-order valence-corrected chi connectivity index (χ1v) is 14.1. The van der Waals surface area contributed by atoms with Crippen molar-refractivity contribution in [2.45, 2.75) is 118 Å². The highest BCUT2D eigenvalue weighted by Gasteiger charge is 2.60. The van der Waals surface area contributed by atoms with Gasteiger partial charge in [-0.05, 0) is 123 Å². The third-order valence-electron chi connectivity index (χ3n) is 11.5. The zero-order valence-corrected chi connectivity index (χ0v) is 21.7. The molecule has 4 saturated carbocycles. The number of hydrogen-bond acceptors (Lipinski definition) is 3. The number of carbonyl (C=O) groups excluding carboxylic acids is 1. The fraction of sp³-hybridized carbons (Fsp3) is 0.966. The molecule has 1 unspecified atom stereocenters. The first-order valence-electron chi connectivity index (χ1n) is 14.1. The minimum Gasteiger partial charge on any atom is -0.463 e. The summed E-state index contributed by atoms with van der Waals surface area (Å²) in [6, 6.07) is 0. The van der Waals surface area contributed by atoms with Crippen molar-refractivity contribution in [3.63, 3.8) is 0 Å². The van der Waals surface area contributed by atoms with Gasteiger partial charge in [-0.1, -0.05) is 40.5 Å². The van der Waals surface area contributed by atoms with E-state index in [4.69, 9.17) is 10.5 Å². The lowest BCUT2D eigenvalue weighted by molar-refractivity contribution is -0.160. The molecule has 184 valence electrons. The quantitative estimate of drug-likeness (QED) is 0.430. The summed E-state index contributed by atoms with van der Waals surface area (Å²) in [5.74, 6) is 5.91. The maximum absolute atomic E-state index is 11.5. The van der Waals surface area contributed by atoms with Crippen LogP contribution in [0.25, 0.3) is 0 Å². The number of ether oxygens (including phenoxy) is 1. The molecule has 0 amide bonds. The minimum absolute atomic E-state index is 0.0932. The third-order valence-corrected chi connectivity index (χ3v) is 11.5. The Bertz CT molecular complexity index is 664. The molecule has 0 aliphatic heterocycles. The second kappa shape index (κ2) is 9.59. The maximum atomic E-state index is 11.5. The van der Waals surface area contributed by atoms with Crippen LogP contribution in [-0.4, -0.2) is 18.6 Å². The van der Waals surface area contributed by atoms with E-state index >= 15 is 0 Å². The number of nitrogens with two attached hydrogens (primary N) is 1. The first kappa shape index (κ1) is 24.6. The number of carbonyl (C=O) groups is 1. The predicted octanol–water partition coefficient (Wildman–Crippen LogP) is 6.98. The smallest absolute Gasteiger partial charge is 0.302 e. The average Bonchev–Trinajstić information content (AvgIpc) is 3.10. The maximum Gasteiger partial charge on any atom is 0.302 e. The van der Waals surface area contributed by atoms with Gasteiger partial charge >= 0.3 is 5.97 Å². The van der Waals surface area contributed by atoms with Gasteiger partial charge in [-0.25, -0.2) is 0 Å². The standard InChI is InChI=1S/C29H51NO2/c1-19(18-30)7-6-8-20(2)25-11-12-26-24-10-9-22-17-23(32-21(3)31)13-15-28(22,4)27(24)14-16-29(25,26)5/h19-20,22-27H,6-18,30H2,1-5H3/t19?,20-,22+,23+,24+,25-,26+,27+,28+,29-/m1/s1. The lowest BCUT2D eigenvalue weighted by Crippen LogP contribution is -2.54. The molecule has 0 saturated heterocycles. The Morgan fingerprint density at radius 2 is 1.69 bits per heavy atom. The van der Waals surface area contributed by atoms with Crippen molar-refractivity contribution in [2.75, 3.05) is 6.54 Å². The van der Waals surface area contributed by atoms with Crippen LogP contribution >= 0.6 is 0 Å². The van der Waals surface area contributed by atoms with E-state index in [1.807, 2.05) is 0 Å². The number of hydrogen-bond donors (Lipinski definition) is 1. The van der Waals surface area contributed by atoms with Crippen molar-refractivity contribution in [3.05, 3.63) is 0 Å². The van der Waals surface area contributed by atoms with E-state index in [9.17, 15) is 4.79 Å². The molecule has 10 atom stereocenters. The zero-order chi connectivity index (χ0) is 23.1. The number of esters is 1. The van der Waals surface area contributed by atoms with Gasteiger partial charge in [0.1, 0.15) is 6.10 Å². The molecule has 0 radical (unpaired) electrons. The summed E-state index contributed by atoms with van der Waals surface area (Å²) in [5, 5.41) is 0. The Balaban J connectivity index is 1.41. The van der Waals surface area contributed by atoms with Gasteiger partial charge in [-0.2, -0.15) is 0 Å². The van der Waals surface area contributed by atoms with Crippen molar-refractivity contribution in [3.8, 4) is 0 Å². The summed E-state index contributed by atoms with van der Waals surface area (Å²) >= 11 is 0. The highest BCUT2D eigenvalue weighted by Crippen LogP contribution is 2.68. The molecule has 3 nitrogen and oxygen atoms in total. The van der Waals surface area contributed by atoms with E-state index < -0.39 is 0 Å². The summed E-state index contributed by atoms with van der Waals surface area (Å²) in [4.78, 5) is 11.5. The fourth-order valence-corrected chi connectivity index (χ4v) is 9.64. The Morgan fingerprint density at radius 1 is 0.969 bits per heavy atom. The van der Waals surface area contributed by atoms with Gasteiger partial charge in [0.05, 0.1) is 0 Å².